The zero-order valence-corrected chi connectivity index (χ0v) is 11.9. The largest absolute Gasteiger partial charge is 0.364 e. The molecule has 0 spiro atoms. The molecule has 5 nitrogen and oxygen atoms in total. The molecule has 0 saturated carbocycles. The highest BCUT2D eigenvalue weighted by Gasteiger charge is 2.18. The van der Waals surface area contributed by atoms with E-state index in [0.717, 1.165) is 12.0 Å². The molecule has 0 unspecified atom stereocenters. The Morgan fingerprint density at radius 2 is 2.00 bits per heavy atom. The van der Waals surface area contributed by atoms with Crippen molar-refractivity contribution in [2.45, 2.75) is 13.0 Å². The topological polar surface area (TPSA) is 72.4 Å². The van der Waals surface area contributed by atoms with Crippen LogP contribution in [0.4, 0.5) is 0 Å². The maximum Gasteiger partial charge on any atom is 0.276 e. The summed E-state index contributed by atoms with van der Waals surface area (Å²) in [6, 6.07) is 11.4. The first-order valence-electron chi connectivity index (χ1n) is 6.25. The molecule has 1 aromatic carbocycles. The molecule has 0 bridgehead atoms. The molecule has 0 saturated heterocycles. The predicted molar refractivity (Wildman–Crippen MR) is 78.6 cm³/mol. The van der Waals surface area contributed by atoms with Gasteiger partial charge in [-0.15, -0.1) is 12.4 Å². The molecule has 2 rings (SSSR count). The van der Waals surface area contributed by atoms with Gasteiger partial charge in [0.25, 0.3) is 5.91 Å². The molecular formula is C14H18ClN3O2. The van der Waals surface area contributed by atoms with Crippen LogP contribution in [0.5, 0.6) is 0 Å². The number of hydrogen-bond acceptors (Lipinski definition) is 4. The number of hydrogen-bond donors (Lipinski definition) is 1. The highest BCUT2D eigenvalue weighted by Crippen LogP contribution is 2.09. The van der Waals surface area contributed by atoms with Crippen molar-refractivity contribution in [1.82, 2.24) is 10.1 Å². The lowest BCUT2D eigenvalue weighted by molar-refractivity contribution is 0.0731. The van der Waals surface area contributed by atoms with Gasteiger partial charge in [0, 0.05) is 19.2 Å². The quantitative estimate of drug-likeness (QED) is 0.885. The lowest BCUT2D eigenvalue weighted by Crippen LogP contribution is -2.32. The van der Waals surface area contributed by atoms with Crippen molar-refractivity contribution in [3.05, 3.63) is 53.9 Å². The molecular weight excluding hydrogens is 278 g/mol. The zero-order valence-electron chi connectivity index (χ0n) is 11.1. The monoisotopic (exact) mass is 295 g/mol. The van der Waals surface area contributed by atoms with E-state index in [9.17, 15) is 4.79 Å². The molecule has 6 heteroatoms. The molecule has 0 aliphatic rings. The number of nitrogens with two attached hydrogens (primary N) is 1. The number of nitrogens with zero attached hydrogens (tertiary/aromatic N) is 2. The number of rotatable bonds is 6. The van der Waals surface area contributed by atoms with E-state index in [1.54, 1.807) is 11.0 Å². The van der Waals surface area contributed by atoms with E-state index in [-0.39, 0.29) is 18.3 Å². The van der Waals surface area contributed by atoms with E-state index in [0.29, 0.717) is 25.3 Å². The number of halogens is 1. The highest BCUT2D eigenvalue weighted by atomic mass is 35.5. The molecule has 0 atom stereocenters. The minimum absolute atomic E-state index is 0. The van der Waals surface area contributed by atoms with Gasteiger partial charge in [0.15, 0.2) is 5.69 Å². The average Bonchev–Trinajstić information content (AvgIpc) is 2.98. The van der Waals surface area contributed by atoms with Gasteiger partial charge < -0.3 is 15.2 Å². The molecule has 20 heavy (non-hydrogen) atoms. The van der Waals surface area contributed by atoms with Crippen molar-refractivity contribution in [3.8, 4) is 0 Å². The molecule has 108 valence electrons. The summed E-state index contributed by atoms with van der Waals surface area (Å²) in [4.78, 5) is 14.0. The predicted octanol–water partition coefficient (Wildman–Crippen LogP) is 2.09. The van der Waals surface area contributed by atoms with Crippen LogP contribution in [0.15, 0.2) is 47.2 Å². The van der Waals surface area contributed by atoms with Crippen LogP contribution in [0.25, 0.3) is 0 Å². The first-order valence-corrected chi connectivity index (χ1v) is 6.25. The van der Waals surface area contributed by atoms with Crippen molar-refractivity contribution in [2.75, 3.05) is 13.1 Å². The molecule has 2 N–H and O–H groups in total. The van der Waals surface area contributed by atoms with Gasteiger partial charge in [-0.2, -0.15) is 0 Å². The normalized spacial score (nSPS) is 9.85. The Hall–Kier alpha value is -1.85. The second-order valence-corrected chi connectivity index (χ2v) is 4.24. The molecule has 0 fully saturated rings. The van der Waals surface area contributed by atoms with Crippen LogP contribution in [0, 0.1) is 0 Å². The van der Waals surface area contributed by atoms with Crippen LogP contribution in [-0.2, 0) is 6.54 Å². The van der Waals surface area contributed by atoms with Crippen LogP contribution in [0.2, 0.25) is 0 Å². The maximum absolute atomic E-state index is 12.3. The average molecular weight is 296 g/mol. The summed E-state index contributed by atoms with van der Waals surface area (Å²) in [5.41, 5.74) is 6.92. The summed E-state index contributed by atoms with van der Waals surface area (Å²) in [7, 11) is 0. The summed E-state index contributed by atoms with van der Waals surface area (Å²) >= 11 is 0. The third kappa shape index (κ3) is 4.36. The van der Waals surface area contributed by atoms with Crippen LogP contribution in [0.1, 0.15) is 22.5 Å². The van der Waals surface area contributed by atoms with Gasteiger partial charge in [0.1, 0.15) is 6.26 Å². The summed E-state index contributed by atoms with van der Waals surface area (Å²) in [6.07, 6.45) is 2.16. The second-order valence-electron chi connectivity index (χ2n) is 4.24. The third-order valence-corrected chi connectivity index (χ3v) is 2.79. The molecule has 0 aliphatic heterocycles. The number of carbonyl (C=O) groups is 1. The fraction of sp³-hybridized carbons (Fsp3) is 0.286. The van der Waals surface area contributed by atoms with E-state index in [1.165, 1.54) is 6.26 Å². The summed E-state index contributed by atoms with van der Waals surface area (Å²) < 4.78 is 4.72. The van der Waals surface area contributed by atoms with Gasteiger partial charge >= 0.3 is 0 Å². The third-order valence-electron chi connectivity index (χ3n) is 2.79. The molecule has 1 heterocycles. The number of benzene rings is 1. The van der Waals surface area contributed by atoms with Crippen molar-refractivity contribution in [3.63, 3.8) is 0 Å². The Labute approximate surface area is 124 Å². The lowest BCUT2D eigenvalue weighted by Gasteiger charge is -2.21. The van der Waals surface area contributed by atoms with E-state index >= 15 is 0 Å². The molecule has 2 aromatic rings. The Balaban J connectivity index is 0.00000200. The van der Waals surface area contributed by atoms with Gasteiger partial charge in [-0.1, -0.05) is 35.5 Å². The van der Waals surface area contributed by atoms with Crippen LogP contribution < -0.4 is 5.73 Å². The van der Waals surface area contributed by atoms with E-state index in [1.807, 2.05) is 30.3 Å². The molecule has 0 radical (unpaired) electrons. The fourth-order valence-electron chi connectivity index (χ4n) is 1.82. The van der Waals surface area contributed by atoms with Crippen LogP contribution >= 0.6 is 12.4 Å². The lowest BCUT2D eigenvalue weighted by atomic mass is 10.2. The minimum Gasteiger partial charge on any atom is -0.364 e. The standard InChI is InChI=1S/C14H17N3O2.ClH/c15-8-4-9-17(11-12-5-2-1-3-6-12)14(18)13-7-10-19-16-13;/h1-3,5-7,10H,4,8-9,11,15H2;1H. The Bertz CT molecular complexity index is 502. The zero-order chi connectivity index (χ0) is 13.5. The summed E-state index contributed by atoms with van der Waals surface area (Å²) in [5.74, 6) is -0.133. The van der Waals surface area contributed by atoms with Gasteiger partial charge in [0.2, 0.25) is 0 Å². The Kier molecular flexibility index (Phi) is 6.76. The van der Waals surface area contributed by atoms with E-state index in [2.05, 4.69) is 5.16 Å². The summed E-state index contributed by atoms with van der Waals surface area (Å²) in [5, 5.41) is 3.69. The van der Waals surface area contributed by atoms with Gasteiger partial charge in [-0.05, 0) is 18.5 Å². The Morgan fingerprint density at radius 1 is 1.25 bits per heavy atom. The van der Waals surface area contributed by atoms with Gasteiger partial charge in [-0.25, -0.2) is 0 Å². The van der Waals surface area contributed by atoms with Crippen molar-refractivity contribution in [1.29, 1.82) is 0 Å². The molecule has 1 amide bonds. The second kappa shape index (κ2) is 8.35. The fourth-order valence-corrected chi connectivity index (χ4v) is 1.82. The smallest absolute Gasteiger partial charge is 0.276 e. The van der Waals surface area contributed by atoms with Gasteiger partial charge in [0.05, 0.1) is 0 Å². The van der Waals surface area contributed by atoms with Crippen molar-refractivity contribution in [2.24, 2.45) is 5.73 Å². The number of aromatic nitrogens is 1. The molecule has 0 aliphatic carbocycles. The van der Waals surface area contributed by atoms with Crippen LogP contribution in [-0.4, -0.2) is 29.1 Å². The minimum atomic E-state index is -0.133. The highest BCUT2D eigenvalue weighted by molar-refractivity contribution is 5.92. The van der Waals surface area contributed by atoms with Crippen LogP contribution in [0.3, 0.4) is 0 Å². The number of carbonyl (C=O) groups excluding carboxylic acids is 1. The Morgan fingerprint density at radius 3 is 2.60 bits per heavy atom. The first-order chi connectivity index (χ1) is 9.31. The maximum atomic E-state index is 12.3. The number of amides is 1. The van der Waals surface area contributed by atoms with Crippen molar-refractivity contribution < 1.29 is 9.32 Å². The van der Waals surface area contributed by atoms with Gasteiger partial charge in [-0.3, -0.25) is 4.79 Å². The first kappa shape index (κ1) is 16.2. The van der Waals surface area contributed by atoms with E-state index in [4.69, 9.17) is 10.3 Å². The summed E-state index contributed by atoms with van der Waals surface area (Å²) in [6.45, 7) is 1.71. The van der Waals surface area contributed by atoms with E-state index < -0.39 is 0 Å². The molecule has 1 aromatic heterocycles. The van der Waals surface area contributed by atoms with Crippen molar-refractivity contribution >= 4 is 18.3 Å². The SMILES string of the molecule is Cl.NCCCN(Cc1ccccc1)C(=O)c1ccon1.